The molecule has 2 aromatic carbocycles. The second kappa shape index (κ2) is 8.76. The van der Waals surface area contributed by atoms with E-state index in [9.17, 15) is 4.79 Å². The fourth-order valence-corrected chi connectivity index (χ4v) is 3.42. The average molecular weight is 432 g/mol. The van der Waals surface area contributed by atoms with Gasteiger partial charge in [-0.1, -0.05) is 36.9 Å². The number of fused-ring (bicyclic) bond motifs is 1. The smallest absolute Gasteiger partial charge is 0.255 e. The minimum Gasteiger partial charge on any atom is -0.340 e. The maximum Gasteiger partial charge on any atom is 0.255 e. The lowest BCUT2D eigenvalue weighted by Crippen LogP contribution is -2.11. The van der Waals surface area contributed by atoms with Crippen LogP contribution in [0, 0.1) is 0 Å². The van der Waals surface area contributed by atoms with Gasteiger partial charge < -0.3 is 15.6 Å². The zero-order valence-corrected chi connectivity index (χ0v) is 17.6. The van der Waals surface area contributed by atoms with Gasteiger partial charge in [0.2, 0.25) is 0 Å². The number of aromatic amines is 1. The van der Waals surface area contributed by atoms with Crippen LogP contribution < -0.4 is 10.6 Å². The van der Waals surface area contributed by atoms with Crippen molar-refractivity contribution >= 4 is 34.1 Å². The van der Waals surface area contributed by atoms with Crippen LogP contribution in [0.2, 0.25) is 0 Å². The molecule has 0 saturated carbocycles. The molecule has 0 atom stereocenters. The van der Waals surface area contributed by atoms with Gasteiger partial charge in [-0.05, 0) is 48.0 Å². The zero-order valence-electron chi connectivity index (χ0n) is 17.6. The van der Waals surface area contributed by atoms with Gasteiger partial charge in [-0.3, -0.25) is 9.78 Å². The summed E-state index contributed by atoms with van der Waals surface area (Å²) in [5, 5.41) is 6.04. The summed E-state index contributed by atoms with van der Waals surface area (Å²) in [5.74, 6) is 1.26. The number of hydrogen-bond acceptors (Lipinski definition) is 5. The van der Waals surface area contributed by atoms with Crippen molar-refractivity contribution in [2.45, 2.75) is 0 Å². The molecule has 33 heavy (non-hydrogen) atoms. The summed E-state index contributed by atoms with van der Waals surface area (Å²) in [7, 11) is 0. The molecule has 7 heteroatoms. The van der Waals surface area contributed by atoms with Crippen molar-refractivity contribution in [3.63, 3.8) is 0 Å². The molecule has 0 bridgehead atoms. The summed E-state index contributed by atoms with van der Waals surface area (Å²) < 4.78 is 0. The van der Waals surface area contributed by atoms with Gasteiger partial charge in [0.15, 0.2) is 0 Å². The Labute approximate surface area is 190 Å². The van der Waals surface area contributed by atoms with Crippen LogP contribution in [0.1, 0.15) is 15.9 Å². The van der Waals surface area contributed by atoms with Crippen LogP contribution in [-0.2, 0) is 0 Å². The van der Waals surface area contributed by atoms with Gasteiger partial charge in [-0.15, -0.1) is 0 Å². The third kappa shape index (κ3) is 4.47. The molecule has 0 spiro atoms. The largest absolute Gasteiger partial charge is 0.340 e. The van der Waals surface area contributed by atoms with Gasteiger partial charge >= 0.3 is 0 Å². The van der Waals surface area contributed by atoms with Crippen molar-refractivity contribution in [3.05, 3.63) is 109 Å². The normalized spacial score (nSPS) is 10.7. The van der Waals surface area contributed by atoms with Crippen molar-refractivity contribution in [1.29, 1.82) is 0 Å². The number of aromatic nitrogens is 4. The fourth-order valence-electron chi connectivity index (χ4n) is 3.42. The lowest BCUT2D eigenvalue weighted by Gasteiger charge is -2.09. The molecular formula is C26H20N6O. The Morgan fingerprint density at radius 3 is 2.48 bits per heavy atom. The lowest BCUT2D eigenvalue weighted by molar-refractivity contribution is 0.102. The highest BCUT2D eigenvalue weighted by Gasteiger charge is 2.11. The molecule has 7 nitrogen and oxygen atoms in total. The van der Waals surface area contributed by atoms with Crippen LogP contribution in [0.25, 0.3) is 28.1 Å². The molecule has 0 fully saturated rings. The van der Waals surface area contributed by atoms with Gasteiger partial charge in [0.05, 0.1) is 22.9 Å². The maximum atomic E-state index is 12.6. The lowest BCUT2D eigenvalue weighted by atomic mass is 10.1. The van der Waals surface area contributed by atoms with Crippen LogP contribution in [0.4, 0.5) is 11.5 Å². The van der Waals surface area contributed by atoms with Crippen LogP contribution in [0.15, 0.2) is 98.0 Å². The Kier molecular flexibility index (Phi) is 5.35. The molecule has 5 aromatic rings. The van der Waals surface area contributed by atoms with Crippen molar-refractivity contribution < 1.29 is 4.79 Å². The first-order valence-corrected chi connectivity index (χ1v) is 10.3. The Morgan fingerprint density at radius 2 is 1.73 bits per heavy atom. The highest BCUT2D eigenvalue weighted by Crippen LogP contribution is 2.24. The number of anilines is 2. The van der Waals surface area contributed by atoms with Crippen molar-refractivity contribution in [2.24, 2.45) is 0 Å². The summed E-state index contributed by atoms with van der Waals surface area (Å²) in [6.45, 7) is 4.10. The minimum absolute atomic E-state index is 0.210. The standard InChI is InChI=1S/C26H20N6O/c1-17(29-24-6-2-3-14-28-24)18-7-9-19(10-8-18)25-31-22-12-11-20(15-23(22)32-25)26(33)30-21-5-4-13-27-16-21/h2-16H,1H2,(H,28,29)(H,30,33)(H,31,32). The molecule has 0 radical (unpaired) electrons. The molecular weight excluding hydrogens is 412 g/mol. The summed E-state index contributed by atoms with van der Waals surface area (Å²) in [4.78, 5) is 28.8. The monoisotopic (exact) mass is 432 g/mol. The molecule has 0 aliphatic carbocycles. The molecule has 5 rings (SSSR count). The summed E-state index contributed by atoms with van der Waals surface area (Å²) in [6, 6.07) is 22.6. The van der Waals surface area contributed by atoms with Crippen LogP contribution in [0.3, 0.4) is 0 Å². The molecule has 0 saturated heterocycles. The van der Waals surface area contributed by atoms with Gasteiger partial charge in [0.25, 0.3) is 5.91 Å². The number of imidazole rings is 1. The molecule has 3 aromatic heterocycles. The Morgan fingerprint density at radius 1 is 0.879 bits per heavy atom. The van der Waals surface area contributed by atoms with Crippen LogP contribution in [-0.4, -0.2) is 25.8 Å². The van der Waals surface area contributed by atoms with E-state index < -0.39 is 0 Å². The third-order valence-electron chi connectivity index (χ3n) is 5.12. The number of nitrogens with one attached hydrogen (secondary N) is 3. The van der Waals surface area contributed by atoms with Crippen molar-refractivity contribution in [2.75, 3.05) is 10.6 Å². The third-order valence-corrected chi connectivity index (χ3v) is 5.12. The van der Waals surface area contributed by atoms with E-state index >= 15 is 0 Å². The highest BCUT2D eigenvalue weighted by atomic mass is 16.1. The Balaban J connectivity index is 1.33. The first-order chi connectivity index (χ1) is 16.2. The quantitative estimate of drug-likeness (QED) is 0.336. The van der Waals surface area contributed by atoms with E-state index in [1.807, 2.05) is 48.5 Å². The number of rotatable bonds is 6. The van der Waals surface area contributed by atoms with E-state index in [4.69, 9.17) is 0 Å². The SMILES string of the molecule is C=C(Nc1ccccn1)c1ccc(-c2nc3cc(C(=O)Nc4cccnc4)ccc3[nH]2)cc1. The van der Waals surface area contributed by atoms with Crippen molar-refractivity contribution in [1.82, 2.24) is 19.9 Å². The van der Waals surface area contributed by atoms with Crippen LogP contribution >= 0.6 is 0 Å². The number of pyridine rings is 2. The van der Waals surface area contributed by atoms with Gasteiger partial charge in [0, 0.05) is 29.2 Å². The first-order valence-electron chi connectivity index (χ1n) is 10.3. The minimum atomic E-state index is -0.210. The Bertz CT molecular complexity index is 1430. The van der Waals surface area contributed by atoms with Gasteiger partial charge in [-0.2, -0.15) is 0 Å². The molecule has 1 amide bonds. The Hall–Kier alpha value is -4.78. The zero-order chi connectivity index (χ0) is 22.6. The number of carbonyl (C=O) groups is 1. The highest BCUT2D eigenvalue weighted by molar-refractivity contribution is 6.06. The van der Waals surface area contributed by atoms with E-state index in [2.05, 4.69) is 37.1 Å². The summed E-state index contributed by atoms with van der Waals surface area (Å²) in [5.41, 5.74) is 5.38. The second-order valence-corrected chi connectivity index (χ2v) is 7.41. The molecule has 0 unspecified atom stereocenters. The molecule has 0 aliphatic heterocycles. The van der Waals surface area contributed by atoms with E-state index in [1.165, 1.54) is 0 Å². The molecule has 160 valence electrons. The van der Waals surface area contributed by atoms with E-state index in [0.717, 1.165) is 34.0 Å². The maximum absolute atomic E-state index is 12.6. The summed E-state index contributed by atoms with van der Waals surface area (Å²) in [6.07, 6.45) is 4.99. The van der Waals surface area contributed by atoms with Gasteiger partial charge in [-0.25, -0.2) is 9.97 Å². The fraction of sp³-hybridized carbons (Fsp3) is 0. The number of carbonyl (C=O) groups excluding carboxylic acids is 1. The van der Waals surface area contributed by atoms with E-state index in [1.54, 1.807) is 42.9 Å². The second-order valence-electron chi connectivity index (χ2n) is 7.41. The molecule has 3 heterocycles. The number of hydrogen-bond donors (Lipinski definition) is 3. The predicted octanol–water partition coefficient (Wildman–Crippen LogP) is 5.36. The first kappa shape index (κ1) is 20.1. The molecule has 0 aliphatic rings. The van der Waals surface area contributed by atoms with Crippen LogP contribution in [0.5, 0.6) is 0 Å². The van der Waals surface area contributed by atoms with E-state index in [-0.39, 0.29) is 5.91 Å². The van der Waals surface area contributed by atoms with E-state index in [0.29, 0.717) is 16.8 Å². The number of benzene rings is 2. The number of amides is 1. The molecule has 3 N–H and O–H groups in total. The summed E-state index contributed by atoms with van der Waals surface area (Å²) >= 11 is 0. The predicted molar refractivity (Wildman–Crippen MR) is 131 cm³/mol. The number of nitrogens with zero attached hydrogens (tertiary/aromatic N) is 3. The van der Waals surface area contributed by atoms with Gasteiger partial charge in [0.1, 0.15) is 11.6 Å². The number of H-pyrrole nitrogens is 1. The topological polar surface area (TPSA) is 95.6 Å². The average Bonchev–Trinajstić information content (AvgIpc) is 3.29. The van der Waals surface area contributed by atoms with Crippen molar-refractivity contribution in [3.8, 4) is 11.4 Å².